The standard InChI is InChI=1S/C14H9ClN2/c15-13-7-11-6-12(8-16-14(11)17-9-13)10-4-2-1-3-5-10/h1-9H. The first kappa shape index (κ1) is 10.2. The maximum Gasteiger partial charge on any atom is 0.159 e. The molecule has 3 aromatic rings. The number of nitrogens with zero attached hydrogens (tertiary/aromatic N) is 2. The number of aromatic nitrogens is 2. The van der Waals surface area contributed by atoms with Crippen molar-refractivity contribution >= 4 is 22.6 Å². The molecule has 0 unspecified atom stereocenters. The maximum atomic E-state index is 5.93. The fraction of sp³-hybridized carbons (Fsp3) is 0. The van der Waals surface area contributed by atoms with Crippen LogP contribution in [0.2, 0.25) is 5.02 Å². The van der Waals surface area contributed by atoms with Crippen LogP contribution in [0.5, 0.6) is 0 Å². The molecule has 2 aromatic heterocycles. The van der Waals surface area contributed by atoms with Gasteiger partial charge in [-0.1, -0.05) is 41.9 Å². The van der Waals surface area contributed by atoms with Crippen LogP contribution in [-0.4, -0.2) is 9.97 Å². The molecule has 0 amide bonds. The van der Waals surface area contributed by atoms with Crippen molar-refractivity contribution in [2.75, 3.05) is 0 Å². The van der Waals surface area contributed by atoms with Gasteiger partial charge in [-0.15, -0.1) is 0 Å². The van der Waals surface area contributed by atoms with Crippen molar-refractivity contribution in [1.82, 2.24) is 9.97 Å². The smallest absolute Gasteiger partial charge is 0.159 e. The SMILES string of the molecule is Clc1cnc2ncc(-c3ccccc3)cc2c1. The van der Waals surface area contributed by atoms with Gasteiger partial charge in [-0.25, -0.2) is 9.97 Å². The highest BCUT2D eigenvalue weighted by atomic mass is 35.5. The number of fused-ring (bicyclic) bond motifs is 1. The van der Waals surface area contributed by atoms with Gasteiger partial charge >= 0.3 is 0 Å². The van der Waals surface area contributed by atoms with E-state index in [1.807, 2.05) is 30.5 Å². The molecule has 3 rings (SSSR count). The van der Waals surface area contributed by atoms with Gasteiger partial charge in [-0.3, -0.25) is 0 Å². The summed E-state index contributed by atoms with van der Waals surface area (Å²) in [5.41, 5.74) is 2.93. The molecule has 0 spiro atoms. The van der Waals surface area contributed by atoms with Crippen molar-refractivity contribution < 1.29 is 0 Å². The molecule has 0 N–H and O–H groups in total. The Morgan fingerprint density at radius 2 is 1.59 bits per heavy atom. The zero-order valence-electron chi connectivity index (χ0n) is 8.97. The van der Waals surface area contributed by atoms with Gasteiger partial charge in [0.05, 0.1) is 5.02 Å². The van der Waals surface area contributed by atoms with Crippen molar-refractivity contribution in [1.29, 1.82) is 0 Å². The summed E-state index contributed by atoms with van der Waals surface area (Å²) in [6.07, 6.45) is 3.44. The predicted molar refractivity (Wildman–Crippen MR) is 70.0 cm³/mol. The van der Waals surface area contributed by atoms with Gasteiger partial charge in [-0.05, 0) is 17.7 Å². The molecule has 0 bridgehead atoms. The van der Waals surface area contributed by atoms with Gasteiger partial charge in [0.2, 0.25) is 0 Å². The molecular weight excluding hydrogens is 232 g/mol. The lowest BCUT2D eigenvalue weighted by atomic mass is 10.1. The minimum Gasteiger partial charge on any atom is -0.236 e. The van der Waals surface area contributed by atoms with E-state index in [9.17, 15) is 0 Å². The zero-order valence-corrected chi connectivity index (χ0v) is 9.72. The monoisotopic (exact) mass is 240 g/mol. The highest BCUT2D eigenvalue weighted by molar-refractivity contribution is 6.31. The van der Waals surface area contributed by atoms with E-state index in [2.05, 4.69) is 28.2 Å². The highest BCUT2D eigenvalue weighted by Crippen LogP contribution is 2.23. The van der Waals surface area contributed by atoms with Crippen LogP contribution in [0.15, 0.2) is 54.9 Å². The lowest BCUT2D eigenvalue weighted by Crippen LogP contribution is -1.85. The van der Waals surface area contributed by atoms with Crippen LogP contribution in [-0.2, 0) is 0 Å². The molecule has 2 heterocycles. The first-order valence-corrected chi connectivity index (χ1v) is 5.67. The predicted octanol–water partition coefficient (Wildman–Crippen LogP) is 3.95. The van der Waals surface area contributed by atoms with Crippen LogP contribution in [0.25, 0.3) is 22.2 Å². The molecule has 2 nitrogen and oxygen atoms in total. The van der Waals surface area contributed by atoms with Gasteiger partial charge < -0.3 is 0 Å². The second-order valence-electron chi connectivity index (χ2n) is 3.79. The summed E-state index contributed by atoms with van der Waals surface area (Å²) in [4.78, 5) is 8.50. The van der Waals surface area contributed by atoms with Crippen molar-refractivity contribution in [3.8, 4) is 11.1 Å². The highest BCUT2D eigenvalue weighted by Gasteiger charge is 2.01. The average Bonchev–Trinajstić information content (AvgIpc) is 2.39. The van der Waals surface area contributed by atoms with Gasteiger partial charge in [0.1, 0.15) is 0 Å². The lowest BCUT2D eigenvalue weighted by Gasteiger charge is -2.02. The number of pyridine rings is 2. The largest absolute Gasteiger partial charge is 0.236 e. The molecule has 3 heteroatoms. The number of halogens is 1. The summed E-state index contributed by atoms with van der Waals surface area (Å²) < 4.78 is 0. The Morgan fingerprint density at radius 3 is 2.41 bits per heavy atom. The first-order chi connectivity index (χ1) is 8.33. The van der Waals surface area contributed by atoms with Crippen LogP contribution in [0.4, 0.5) is 0 Å². The molecule has 0 radical (unpaired) electrons. The third kappa shape index (κ3) is 1.99. The van der Waals surface area contributed by atoms with Crippen LogP contribution in [0, 0.1) is 0 Å². The second kappa shape index (κ2) is 4.15. The summed E-state index contributed by atoms with van der Waals surface area (Å²) in [6, 6.07) is 14.1. The Kier molecular flexibility index (Phi) is 2.50. The Hall–Kier alpha value is -1.93. The summed E-state index contributed by atoms with van der Waals surface area (Å²) in [7, 11) is 0. The summed E-state index contributed by atoms with van der Waals surface area (Å²) in [5.74, 6) is 0. The van der Waals surface area contributed by atoms with E-state index < -0.39 is 0 Å². The number of hydrogen-bond donors (Lipinski definition) is 0. The van der Waals surface area contributed by atoms with Gasteiger partial charge in [0.15, 0.2) is 5.65 Å². The van der Waals surface area contributed by atoms with Crippen molar-refractivity contribution in [2.45, 2.75) is 0 Å². The molecule has 17 heavy (non-hydrogen) atoms. The van der Waals surface area contributed by atoms with Crippen LogP contribution in [0.3, 0.4) is 0 Å². The molecule has 0 saturated carbocycles. The van der Waals surface area contributed by atoms with E-state index in [1.54, 1.807) is 6.20 Å². The Labute approximate surface area is 104 Å². The van der Waals surface area contributed by atoms with E-state index >= 15 is 0 Å². The third-order valence-electron chi connectivity index (χ3n) is 2.61. The topological polar surface area (TPSA) is 25.8 Å². The van der Waals surface area contributed by atoms with E-state index in [0.29, 0.717) is 10.7 Å². The number of benzene rings is 1. The summed E-state index contributed by atoms with van der Waals surface area (Å²) in [5, 5.41) is 1.59. The van der Waals surface area contributed by atoms with Crippen LogP contribution in [0.1, 0.15) is 0 Å². The van der Waals surface area contributed by atoms with Crippen LogP contribution < -0.4 is 0 Å². The second-order valence-corrected chi connectivity index (χ2v) is 4.23. The van der Waals surface area contributed by atoms with Crippen molar-refractivity contribution in [2.24, 2.45) is 0 Å². The van der Waals surface area contributed by atoms with Gasteiger partial charge in [-0.2, -0.15) is 0 Å². The molecule has 0 aliphatic rings. The molecule has 0 aliphatic heterocycles. The summed E-state index contributed by atoms with van der Waals surface area (Å²) in [6.45, 7) is 0. The number of hydrogen-bond acceptors (Lipinski definition) is 2. The Morgan fingerprint density at radius 1 is 0.824 bits per heavy atom. The first-order valence-electron chi connectivity index (χ1n) is 5.30. The zero-order chi connectivity index (χ0) is 11.7. The minimum atomic E-state index is 0.629. The lowest BCUT2D eigenvalue weighted by molar-refractivity contribution is 1.29. The number of rotatable bonds is 1. The molecule has 82 valence electrons. The third-order valence-corrected chi connectivity index (χ3v) is 2.81. The Balaban J connectivity index is 2.19. The Bertz CT molecular complexity index is 665. The normalized spacial score (nSPS) is 10.6. The van der Waals surface area contributed by atoms with E-state index in [-0.39, 0.29) is 0 Å². The van der Waals surface area contributed by atoms with Gasteiger partial charge in [0, 0.05) is 23.3 Å². The molecular formula is C14H9ClN2. The van der Waals surface area contributed by atoms with Crippen molar-refractivity contribution in [3.63, 3.8) is 0 Å². The molecule has 1 aromatic carbocycles. The average molecular weight is 241 g/mol. The molecule has 0 saturated heterocycles. The minimum absolute atomic E-state index is 0.629. The summed E-state index contributed by atoms with van der Waals surface area (Å²) >= 11 is 5.93. The quantitative estimate of drug-likeness (QED) is 0.644. The molecule has 0 fully saturated rings. The van der Waals surface area contributed by atoms with Crippen molar-refractivity contribution in [3.05, 3.63) is 59.9 Å². The fourth-order valence-corrected chi connectivity index (χ4v) is 1.95. The van der Waals surface area contributed by atoms with Crippen LogP contribution >= 0.6 is 11.6 Å². The molecule has 0 aliphatic carbocycles. The fourth-order valence-electron chi connectivity index (χ4n) is 1.79. The van der Waals surface area contributed by atoms with E-state index in [0.717, 1.165) is 16.5 Å². The maximum absolute atomic E-state index is 5.93. The van der Waals surface area contributed by atoms with Gasteiger partial charge in [0.25, 0.3) is 0 Å². The molecule has 0 atom stereocenters. The van der Waals surface area contributed by atoms with E-state index in [4.69, 9.17) is 11.6 Å². The van der Waals surface area contributed by atoms with E-state index in [1.165, 1.54) is 0 Å².